The zero-order chi connectivity index (χ0) is 13.2. The third kappa shape index (κ3) is 2.67. The molecule has 0 amide bonds. The summed E-state index contributed by atoms with van der Waals surface area (Å²) in [4.78, 5) is 0. The highest BCUT2D eigenvalue weighted by atomic mass is 79.9. The molecule has 2 aromatic rings. The Kier molecular flexibility index (Phi) is 3.58. The van der Waals surface area contributed by atoms with Crippen LogP contribution in [0.25, 0.3) is 0 Å². The molecule has 0 radical (unpaired) electrons. The molecule has 2 nitrogen and oxygen atoms in total. The first kappa shape index (κ1) is 12.7. The largest absolute Gasteiger partial charge is 0.489 e. The summed E-state index contributed by atoms with van der Waals surface area (Å²) < 4.78 is 7.04. The minimum atomic E-state index is 0.172. The fraction of sp³-hybridized carbons (Fsp3) is 0.250. The summed E-state index contributed by atoms with van der Waals surface area (Å²) in [5.41, 5.74) is 9.78. The maximum Gasteiger partial charge on any atom is 0.123 e. The van der Waals surface area contributed by atoms with Gasteiger partial charge in [-0.1, -0.05) is 40.2 Å². The molecule has 0 saturated heterocycles. The molecule has 0 saturated carbocycles. The molecule has 3 heteroatoms. The number of halogens is 1. The van der Waals surface area contributed by atoms with E-state index in [1.165, 1.54) is 16.7 Å². The van der Waals surface area contributed by atoms with E-state index < -0.39 is 0 Å². The number of hydrogen-bond donors (Lipinski definition) is 1. The van der Waals surface area contributed by atoms with Gasteiger partial charge in [-0.15, -0.1) is 0 Å². The van der Waals surface area contributed by atoms with E-state index in [0.29, 0.717) is 6.61 Å². The van der Waals surface area contributed by atoms with Crippen molar-refractivity contribution in [2.75, 3.05) is 0 Å². The SMILES string of the molecule is NC1CCc2c(OCc3ccc(Br)cc3)cccc21. The van der Waals surface area contributed by atoms with E-state index in [0.717, 1.165) is 23.1 Å². The van der Waals surface area contributed by atoms with Crippen molar-refractivity contribution in [2.45, 2.75) is 25.5 Å². The third-order valence-electron chi connectivity index (χ3n) is 3.58. The van der Waals surface area contributed by atoms with Crippen molar-refractivity contribution in [1.29, 1.82) is 0 Å². The van der Waals surface area contributed by atoms with Crippen LogP contribution in [0.4, 0.5) is 0 Å². The van der Waals surface area contributed by atoms with Crippen molar-refractivity contribution in [3.05, 3.63) is 63.6 Å². The summed E-state index contributed by atoms with van der Waals surface area (Å²) in [6.07, 6.45) is 2.04. The smallest absolute Gasteiger partial charge is 0.123 e. The Morgan fingerprint density at radius 3 is 2.74 bits per heavy atom. The lowest BCUT2D eigenvalue weighted by atomic mass is 10.1. The zero-order valence-electron chi connectivity index (χ0n) is 10.6. The van der Waals surface area contributed by atoms with E-state index in [1.807, 2.05) is 24.3 Å². The van der Waals surface area contributed by atoms with Crippen LogP contribution in [-0.2, 0) is 13.0 Å². The number of ether oxygens (including phenoxy) is 1. The number of benzene rings is 2. The van der Waals surface area contributed by atoms with Gasteiger partial charge in [-0.3, -0.25) is 0 Å². The van der Waals surface area contributed by atoms with Crippen molar-refractivity contribution >= 4 is 15.9 Å². The van der Waals surface area contributed by atoms with Gasteiger partial charge in [-0.25, -0.2) is 0 Å². The van der Waals surface area contributed by atoms with E-state index in [4.69, 9.17) is 10.5 Å². The quantitative estimate of drug-likeness (QED) is 0.929. The Morgan fingerprint density at radius 1 is 1.16 bits per heavy atom. The van der Waals surface area contributed by atoms with Gasteiger partial charge in [-0.05, 0) is 47.7 Å². The molecule has 19 heavy (non-hydrogen) atoms. The van der Waals surface area contributed by atoms with Crippen LogP contribution in [-0.4, -0.2) is 0 Å². The van der Waals surface area contributed by atoms with Gasteiger partial charge in [-0.2, -0.15) is 0 Å². The van der Waals surface area contributed by atoms with Crippen molar-refractivity contribution in [3.8, 4) is 5.75 Å². The van der Waals surface area contributed by atoms with Gasteiger partial charge in [0.25, 0.3) is 0 Å². The standard InChI is InChI=1S/C16H16BrNO/c17-12-6-4-11(5-7-12)10-19-16-3-1-2-13-14(16)8-9-15(13)18/h1-7,15H,8-10,18H2. The minimum absolute atomic E-state index is 0.172. The van der Waals surface area contributed by atoms with Crippen LogP contribution in [0, 0.1) is 0 Å². The molecule has 1 atom stereocenters. The number of rotatable bonds is 3. The lowest BCUT2D eigenvalue weighted by Crippen LogP contribution is -2.05. The molecular formula is C16H16BrNO. The molecule has 3 rings (SSSR count). The topological polar surface area (TPSA) is 35.2 Å². The molecule has 1 aliphatic rings. The van der Waals surface area contributed by atoms with Gasteiger partial charge in [0.2, 0.25) is 0 Å². The molecule has 1 aliphatic carbocycles. The first-order chi connectivity index (χ1) is 9.24. The maximum atomic E-state index is 6.08. The Labute approximate surface area is 121 Å². The van der Waals surface area contributed by atoms with Crippen LogP contribution >= 0.6 is 15.9 Å². The van der Waals surface area contributed by atoms with E-state index in [2.05, 4.69) is 34.1 Å². The third-order valence-corrected chi connectivity index (χ3v) is 4.11. The summed E-state index contributed by atoms with van der Waals surface area (Å²) in [6.45, 7) is 0.596. The van der Waals surface area contributed by atoms with Crippen LogP contribution in [0.3, 0.4) is 0 Å². The van der Waals surface area contributed by atoms with Crippen molar-refractivity contribution < 1.29 is 4.74 Å². The van der Waals surface area contributed by atoms with Crippen LogP contribution in [0.2, 0.25) is 0 Å². The van der Waals surface area contributed by atoms with Gasteiger partial charge in [0.05, 0.1) is 0 Å². The highest BCUT2D eigenvalue weighted by Gasteiger charge is 2.21. The molecule has 1 unspecified atom stereocenters. The molecule has 2 N–H and O–H groups in total. The second-order valence-electron chi connectivity index (χ2n) is 4.88. The fourth-order valence-electron chi connectivity index (χ4n) is 2.53. The summed E-state index contributed by atoms with van der Waals surface area (Å²) in [6, 6.07) is 14.5. The minimum Gasteiger partial charge on any atom is -0.489 e. The number of nitrogens with two attached hydrogens (primary N) is 1. The van der Waals surface area contributed by atoms with Crippen molar-refractivity contribution in [1.82, 2.24) is 0 Å². The summed E-state index contributed by atoms with van der Waals surface area (Å²) >= 11 is 3.43. The van der Waals surface area contributed by atoms with E-state index >= 15 is 0 Å². The average molecular weight is 318 g/mol. The first-order valence-corrected chi connectivity index (χ1v) is 7.28. The molecule has 0 spiro atoms. The van der Waals surface area contributed by atoms with Gasteiger partial charge in [0, 0.05) is 10.5 Å². The van der Waals surface area contributed by atoms with Gasteiger partial charge >= 0.3 is 0 Å². The molecule has 0 fully saturated rings. The Balaban J connectivity index is 1.76. The van der Waals surface area contributed by atoms with Crippen LogP contribution in [0.1, 0.15) is 29.2 Å². The Morgan fingerprint density at radius 2 is 1.95 bits per heavy atom. The summed E-state index contributed by atoms with van der Waals surface area (Å²) in [5, 5.41) is 0. The van der Waals surface area contributed by atoms with Crippen LogP contribution < -0.4 is 10.5 Å². The fourth-order valence-corrected chi connectivity index (χ4v) is 2.79. The van der Waals surface area contributed by atoms with E-state index in [-0.39, 0.29) is 6.04 Å². The predicted octanol–water partition coefficient (Wildman–Crippen LogP) is 3.97. The Bertz CT molecular complexity index is 580. The van der Waals surface area contributed by atoms with Crippen LogP contribution in [0.15, 0.2) is 46.9 Å². The van der Waals surface area contributed by atoms with E-state index in [1.54, 1.807) is 0 Å². The predicted molar refractivity (Wildman–Crippen MR) is 80.2 cm³/mol. The Hall–Kier alpha value is -1.32. The normalized spacial score (nSPS) is 17.3. The summed E-state index contributed by atoms with van der Waals surface area (Å²) in [5.74, 6) is 0.980. The molecule has 2 aromatic carbocycles. The highest BCUT2D eigenvalue weighted by Crippen LogP contribution is 2.35. The number of fused-ring (bicyclic) bond motifs is 1. The van der Waals surface area contributed by atoms with Gasteiger partial charge < -0.3 is 10.5 Å². The summed E-state index contributed by atoms with van der Waals surface area (Å²) in [7, 11) is 0. The zero-order valence-corrected chi connectivity index (χ0v) is 12.2. The molecule has 98 valence electrons. The van der Waals surface area contributed by atoms with Gasteiger partial charge in [0.15, 0.2) is 0 Å². The van der Waals surface area contributed by atoms with Crippen molar-refractivity contribution in [2.24, 2.45) is 5.73 Å². The molecule has 0 aromatic heterocycles. The highest BCUT2D eigenvalue weighted by molar-refractivity contribution is 9.10. The van der Waals surface area contributed by atoms with Crippen molar-refractivity contribution in [3.63, 3.8) is 0 Å². The lowest BCUT2D eigenvalue weighted by molar-refractivity contribution is 0.303. The average Bonchev–Trinajstić information content (AvgIpc) is 2.81. The van der Waals surface area contributed by atoms with Crippen LogP contribution in [0.5, 0.6) is 5.75 Å². The second kappa shape index (κ2) is 5.35. The molecular weight excluding hydrogens is 302 g/mol. The molecule has 0 bridgehead atoms. The first-order valence-electron chi connectivity index (χ1n) is 6.48. The van der Waals surface area contributed by atoms with Gasteiger partial charge in [0.1, 0.15) is 12.4 Å². The lowest BCUT2D eigenvalue weighted by Gasteiger charge is -2.11. The second-order valence-corrected chi connectivity index (χ2v) is 5.80. The number of hydrogen-bond acceptors (Lipinski definition) is 2. The molecule has 0 aliphatic heterocycles. The molecule has 0 heterocycles. The maximum absolute atomic E-state index is 6.08. The monoisotopic (exact) mass is 317 g/mol. The van der Waals surface area contributed by atoms with E-state index in [9.17, 15) is 0 Å².